The maximum absolute atomic E-state index is 12.2. The molecule has 8 heteroatoms. The molecule has 6 nitrogen and oxygen atoms in total. The molecule has 0 spiro atoms. The molecule has 3 aromatic rings. The van der Waals surface area contributed by atoms with Crippen LogP contribution in [0.15, 0.2) is 77.7 Å². The number of halogens is 1. The maximum Gasteiger partial charge on any atom is 0.241 e. The molecular formula is C20H17ClN2O4S. The van der Waals surface area contributed by atoms with Crippen molar-refractivity contribution in [2.75, 3.05) is 5.32 Å². The van der Waals surface area contributed by atoms with Crippen LogP contribution < -0.4 is 15.2 Å². The highest BCUT2D eigenvalue weighted by atomic mass is 35.5. The zero-order valence-corrected chi connectivity index (χ0v) is 16.2. The topological polar surface area (TPSA) is 98.5 Å². The van der Waals surface area contributed by atoms with E-state index in [2.05, 4.69) is 5.32 Å². The van der Waals surface area contributed by atoms with Gasteiger partial charge in [-0.25, -0.2) is 13.6 Å². The van der Waals surface area contributed by atoms with E-state index in [1.165, 1.54) is 18.2 Å². The summed E-state index contributed by atoms with van der Waals surface area (Å²) >= 11 is 5.92. The second-order valence-corrected chi connectivity index (χ2v) is 7.94. The van der Waals surface area contributed by atoms with Crippen molar-refractivity contribution in [1.29, 1.82) is 0 Å². The summed E-state index contributed by atoms with van der Waals surface area (Å²) in [5.74, 6) is 0.110. The molecule has 3 N–H and O–H groups in total. The van der Waals surface area contributed by atoms with Gasteiger partial charge in [0, 0.05) is 10.7 Å². The van der Waals surface area contributed by atoms with Gasteiger partial charge in [-0.2, -0.15) is 0 Å². The molecule has 0 unspecified atom stereocenters. The Morgan fingerprint density at radius 3 is 2.43 bits per heavy atom. The minimum Gasteiger partial charge on any atom is -0.456 e. The number of hydrogen-bond donors (Lipinski definition) is 2. The van der Waals surface area contributed by atoms with Gasteiger partial charge >= 0.3 is 0 Å². The van der Waals surface area contributed by atoms with Gasteiger partial charge in [0.05, 0.1) is 6.42 Å². The van der Waals surface area contributed by atoms with Gasteiger partial charge in [-0.05, 0) is 42.0 Å². The Morgan fingerprint density at radius 2 is 1.75 bits per heavy atom. The average molecular weight is 417 g/mol. The summed E-state index contributed by atoms with van der Waals surface area (Å²) in [5.41, 5.74) is 1.14. The summed E-state index contributed by atoms with van der Waals surface area (Å²) in [6, 6.07) is 19.9. The van der Waals surface area contributed by atoms with Crippen LogP contribution >= 0.6 is 11.6 Å². The van der Waals surface area contributed by atoms with Gasteiger partial charge in [0.15, 0.2) is 0 Å². The van der Waals surface area contributed by atoms with Crippen LogP contribution in [0, 0.1) is 0 Å². The number of hydrogen-bond acceptors (Lipinski definition) is 4. The van der Waals surface area contributed by atoms with E-state index in [9.17, 15) is 13.2 Å². The highest BCUT2D eigenvalue weighted by molar-refractivity contribution is 7.89. The molecule has 144 valence electrons. The molecule has 3 aromatic carbocycles. The Hall–Kier alpha value is -2.87. The Morgan fingerprint density at radius 1 is 1.00 bits per heavy atom. The van der Waals surface area contributed by atoms with E-state index in [0.29, 0.717) is 16.5 Å². The van der Waals surface area contributed by atoms with Gasteiger partial charge in [-0.3, -0.25) is 4.79 Å². The van der Waals surface area contributed by atoms with E-state index in [4.69, 9.17) is 21.5 Å². The van der Waals surface area contributed by atoms with Gasteiger partial charge in [0.25, 0.3) is 0 Å². The fourth-order valence-electron chi connectivity index (χ4n) is 2.54. The third-order valence-corrected chi connectivity index (χ3v) is 4.93. The van der Waals surface area contributed by atoms with E-state index in [1.807, 2.05) is 30.3 Å². The molecule has 0 saturated carbocycles. The number of nitrogens with two attached hydrogens (primary N) is 1. The highest BCUT2D eigenvalue weighted by Crippen LogP contribution is 2.31. The number of carbonyl (C=O) groups excluding carboxylic acids is 1. The zero-order chi connectivity index (χ0) is 20.1. The summed E-state index contributed by atoms with van der Waals surface area (Å²) in [7, 11) is -4.09. The van der Waals surface area contributed by atoms with Gasteiger partial charge in [0.1, 0.15) is 16.4 Å². The number of nitrogens with one attached hydrogen (secondary N) is 1. The molecule has 0 bridgehead atoms. The van der Waals surface area contributed by atoms with Crippen molar-refractivity contribution in [3.05, 3.63) is 83.4 Å². The van der Waals surface area contributed by atoms with Crippen LogP contribution in [0.1, 0.15) is 5.56 Å². The Bertz CT molecular complexity index is 1100. The van der Waals surface area contributed by atoms with Crippen molar-refractivity contribution in [1.82, 2.24) is 0 Å². The first-order valence-corrected chi connectivity index (χ1v) is 10.2. The quantitative estimate of drug-likeness (QED) is 0.635. The van der Waals surface area contributed by atoms with Gasteiger partial charge in [-0.1, -0.05) is 48.0 Å². The fraction of sp³-hybridized carbons (Fsp3) is 0.0500. The highest BCUT2D eigenvalue weighted by Gasteiger charge is 2.18. The minimum absolute atomic E-state index is 0.0332. The molecule has 0 atom stereocenters. The lowest BCUT2D eigenvalue weighted by Crippen LogP contribution is -2.17. The second-order valence-electron chi connectivity index (χ2n) is 5.98. The molecule has 0 aliphatic rings. The molecule has 0 aromatic heterocycles. The van der Waals surface area contributed by atoms with Crippen LogP contribution in [0.2, 0.25) is 5.02 Å². The number of sulfonamides is 1. The van der Waals surface area contributed by atoms with E-state index in [-0.39, 0.29) is 23.0 Å². The molecule has 0 radical (unpaired) electrons. The number of primary sulfonamides is 1. The number of benzene rings is 3. The molecule has 0 aliphatic heterocycles. The lowest BCUT2D eigenvalue weighted by Gasteiger charge is -2.12. The molecule has 3 rings (SSSR count). The predicted molar refractivity (Wildman–Crippen MR) is 108 cm³/mol. The number of anilines is 1. The van der Waals surface area contributed by atoms with Crippen molar-refractivity contribution < 1.29 is 17.9 Å². The van der Waals surface area contributed by atoms with Crippen LogP contribution in [0.5, 0.6) is 11.5 Å². The SMILES string of the molecule is NS(=O)(=O)c1cc(NC(=O)Cc2ccccc2)ccc1Oc1cccc(Cl)c1. The minimum atomic E-state index is -4.09. The van der Waals surface area contributed by atoms with E-state index in [0.717, 1.165) is 5.56 Å². The summed E-state index contributed by atoms with van der Waals surface area (Å²) < 4.78 is 29.6. The number of ether oxygens (including phenoxy) is 1. The summed E-state index contributed by atoms with van der Waals surface area (Å²) in [6.07, 6.45) is 0.159. The van der Waals surface area contributed by atoms with Crippen LogP contribution in [0.3, 0.4) is 0 Å². The van der Waals surface area contributed by atoms with E-state index < -0.39 is 10.0 Å². The third kappa shape index (κ3) is 5.32. The van der Waals surface area contributed by atoms with Gasteiger partial charge in [0.2, 0.25) is 15.9 Å². The molecular weight excluding hydrogens is 400 g/mol. The first kappa shape index (κ1) is 19.9. The van der Waals surface area contributed by atoms with Crippen molar-refractivity contribution in [3.8, 4) is 11.5 Å². The zero-order valence-electron chi connectivity index (χ0n) is 14.6. The predicted octanol–water partition coefficient (Wildman–Crippen LogP) is 3.96. The van der Waals surface area contributed by atoms with Crippen LogP contribution in [-0.2, 0) is 21.2 Å². The maximum atomic E-state index is 12.2. The average Bonchev–Trinajstić information content (AvgIpc) is 2.63. The second kappa shape index (κ2) is 8.43. The Labute approximate surface area is 168 Å². The molecule has 28 heavy (non-hydrogen) atoms. The standard InChI is InChI=1S/C20H17ClN2O4S/c21-15-7-4-8-17(12-15)27-18-10-9-16(13-19(18)28(22,25)26)23-20(24)11-14-5-2-1-3-6-14/h1-10,12-13H,11H2,(H,23,24)(H2,22,25,26). The van der Waals surface area contributed by atoms with Crippen LogP contribution in [0.25, 0.3) is 0 Å². The lowest BCUT2D eigenvalue weighted by molar-refractivity contribution is -0.115. The van der Waals surface area contributed by atoms with Crippen LogP contribution in [0.4, 0.5) is 5.69 Å². The first-order chi connectivity index (χ1) is 13.3. The van der Waals surface area contributed by atoms with E-state index in [1.54, 1.807) is 24.3 Å². The Balaban J connectivity index is 1.83. The largest absolute Gasteiger partial charge is 0.456 e. The molecule has 0 saturated heterocycles. The lowest BCUT2D eigenvalue weighted by atomic mass is 10.1. The van der Waals surface area contributed by atoms with Crippen molar-refractivity contribution in [2.45, 2.75) is 11.3 Å². The summed E-state index contributed by atoms with van der Waals surface area (Å²) in [6.45, 7) is 0. The monoisotopic (exact) mass is 416 g/mol. The number of carbonyl (C=O) groups is 1. The molecule has 0 fully saturated rings. The number of amides is 1. The normalized spacial score (nSPS) is 11.1. The fourth-order valence-corrected chi connectivity index (χ4v) is 3.40. The first-order valence-electron chi connectivity index (χ1n) is 8.25. The Kier molecular flexibility index (Phi) is 5.99. The molecule has 1 amide bonds. The van der Waals surface area contributed by atoms with Gasteiger partial charge < -0.3 is 10.1 Å². The number of rotatable bonds is 6. The molecule has 0 heterocycles. The van der Waals surface area contributed by atoms with Crippen molar-refractivity contribution in [2.24, 2.45) is 5.14 Å². The van der Waals surface area contributed by atoms with Gasteiger partial charge in [-0.15, -0.1) is 0 Å². The van der Waals surface area contributed by atoms with Crippen molar-refractivity contribution >= 4 is 33.2 Å². The smallest absolute Gasteiger partial charge is 0.241 e. The van der Waals surface area contributed by atoms with Crippen LogP contribution in [-0.4, -0.2) is 14.3 Å². The molecule has 0 aliphatic carbocycles. The van der Waals surface area contributed by atoms with E-state index >= 15 is 0 Å². The third-order valence-electron chi connectivity index (χ3n) is 3.77. The summed E-state index contributed by atoms with van der Waals surface area (Å²) in [4.78, 5) is 12.0. The van der Waals surface area contributed by atoms with Crippen molar-refractivity contribution in [3.63, 3.8) is 0 Å². The summed E-state index contributed by atoms with van der Waals surface area (Å²) in [5, 5.41) is 8.43.